The van der Waals surface area contributed by atoms with E-state index < -0.39 is 52.4 Å². The second-order valence-corrected chi connectivity index (χ2v) is 6.33. The third-order valence-corrected chi connectivity index (χ3v) is 4.04. The van der Waals surface area contributed by atoms with Crippen LogP contribution in [0.1, 0.15) is 27.4 Å². The predicted molar refractivity (Wildman–Crippen MR) is 93.4 cm³/mol. The van der Waals surface area contributed by atoms with Crippen molar-refractivity contribution in [1.82, 2.24) is 0 Å². The molecule has 0 fully saturated rings. The molecule has 3 rings (SSSR count). The standard InChI is InChI=1S/C20H12F7NO3/c1-9-3-2-4-10(7-9)30-8-11-5-6-12(31-11)19(29)28-18-16(23)14(21)13(20(25,26)27)15(22)17(18)24/h2-7H,8H2,1H3,(H,28,29). The maximum absolute atomic E-state index is 13.9. The molecule has 0 saturated carbocycles. The molecule has 0 spiro atoms. The summed E-state index contributed by atoms with van der Waals surface area (Å²) in [6.45, 7) is 1.72. The van der Waals surface area contributed by atoms with E-state index in [1.807, 2.05) is 13.0 Å². The smallest absolute Gasteiger partial charge is 0.422 e. The van der Waals surface area contributed by atoms with Gasteiger partial charge in [0.25, 0.3) is 5.91 Å². The van der Waals surface area contributed by atoms with E-state index in [4.69, 9.17) is 9.15 Å². The van der Waals surface area contributed by atoms with Crippen LogP contribution >= 0.6 is 0 Å². The molecule has 0 aliphatic heterocycles. The van der Waals surface area contributed by atoms with E-state index in [0.29, 0.717) is 5.75 Å². The van der Waals surface area contributed by atoms with Crippen molar-refractivity contribution in [3.63, 3.8) is 0 Å². The summed E-state index contributed by atoms with van der Waals surface area (Å²) in [7, 11) is 0. The summed E-state index contributed by atoms with van der Waals surface area (Å²) >= 11 is 0. The quantitative estimate of drug-likeness (QED) is 0.386. The lowest BCUT2D eigenvalue weighted by Gasteiger charge is -2.14. The topological polar surface area (TPSA) is 51.5 Å². The summed E-state index contributed by atoms with van der Waals surface area (Å²) < 4.78 is 104. The molecule has 2 aromatic carbocycles. The van der Waals surface area contributed by atoms with Gasteiger partial charge in [-0.15, -0.1) is 0 Å². The Morgan fingerprint density at radius 1 is 1.00 bits per heavy atom. The van der Waals surface area contributed by atoms with Gasteiger partial charge in [-0.1, -0.05) is 12.1 Å². The largest absolute Gasteiger partial charge is 0.486 e. The number of carbonyl (C=O) groups excluding carboxylic acids is 1. The zero-order valence-corrected chi connectivity index (χ0v) is 15.5. The molecule has 0 radical (unpaired) electrons. The molecule has 31 heavy (non-hydrogen) atoms. The Bertz CT molecular complexity index is 1110. The van der Waals surface area contributed by atoms with E-state index in [-0.39, 0.29) is 12.4 Å². The highest BCUT2D eigenvalue weighted by Gasteiger charge is 2.42. The number of aryl methyl sites for hydroxylation is 1. The number of anilines is 1. The Morgan fingerprint density at radius 3 is 2.23 bits per heavy atom. The van der Waals surface area contributed by atoms with Crippen LogP contribution in [0.15, 0.2) is 40.8 Å². The van der Waals surface area contributed by atoms with E-state index in [1.165, 1.54) is 11.4 Å². The number of nitrogens with one attached hydrogen (secondary N) is 1. The number of ether oxygens (including phenoxy) is 1. The Morgan fingerprint density at radius 2 is 1.65 bits per heavy atom. The number of alkyl halides is 3. The molecule has 1 amide bonds. The third-order valence-electron chi connectivity index (χ3n) is 4.04. The van der Waals surface area contributed by atoms with Crippen molar-refractivity contribution in [1.29, 1.82) is 0 Å². The molecule has 164 valence electrons. The van der Waals surface area contributed by atoms with Crippen LogP contribution in [0, 0.1) is 30.2 Å². The Kier molecular flexibility index (Phi) is 5.96. The van der Waals surface area contributed by atoms with Crippen LogP contribution in [0.2, 0.25) is 0 Å². The van der Waals surface area contributed by atoms with Crippen LogP contribution in [0.3, 0.4) is 0 Å². The fourth-order valence-electron chi connectivity index (χ4n) is 2.60. The molecule has 0 bridgehead atoms. The second kappa shape index (κ2) is 8.32. The number of benzene rings is 2. The lowest BCUT2D eigenvalue weighted by atomic mass is 10.1. The van der Waals surface area contributed by atoms with Crippen molar-refractivity contribution in [2.45, 2.75) is 19.7 Å². The van der Waals surface area contributed by atoms with Crippen molar-refractivity contribution in [3.8, 4) is 5.75 Å². The van der Waals surface area contributed by atoms with Gasteiger partial charge < -0.3 is 14.5 Å². The van der Waals surface area contributed by atoms with E-state index in [9.17, 15) is 35.5 Å². The molecule has 0 unspecified atom stereocenters. The van der Waals surface area contributed by atoms with Crippen molar-refractivity contribution >= 4 is 11.6 Å². The van der Waals surface area contributed by atoms with Gasteiger partial charge in [-0.3, -0.25) is 4.79 Å². The van der Waals surface area contributed by atoms with Crippen molar-refractivity contribution in [2.24, 2.45) is 0 Å². The highest BCUT2D eigenvalue weighted by Crippen LogP contribution is 2.38. The number of rotatable bonds is 5. The Balaban J connectivity index is 1.78. The zero-order valence-electron chi connectivity index (χ0n) is 15.5. The van der Waals surface area contributed by atoms with Gasteiger partial charge in [-0.05, 0) is 36.8 Å². The summed E-state index contributed by atoms with van der Waals surface area (Å²) in [6, 6.07) is 9.37. The first-order valence-corrected chi connectivity index (χ1v) is 8.51. The maximum Gasteiger partial charge on any atom is 0.422 e. The lowest BCUT2D eigenvalue weighted by molar-refractivity contribution is -0.143. The maximum atomic E-state index is 13.9. The summed E-state index contributed by atoms with van der Waals surface area (Å²) in [5.41, 5.74) is -3.53. The average Bonchev–Trinajstić information content (AvgIpc) is 3.16. The second-order valence-electron chi connectivity index (χ2n) is 6.33. The van der Waals surface area contributed by atoms with Gasteiger partial charge in [0.2, 0.25) is 0 Å². The van der Waals surface area contributed by atoms with Gasteiger partial charge in [0.05, 0.1) is 0 Å². The lowest BCUT2D eigenvalue weighted by Crippen LogP contribution is -2.20. The molecular formula is C20H12F7NO3. The normalized spacial score (nSPS) is 11.5. The van der Waals surface area contributed by atoms with Crippen LogP contribution in [-0.2, 0) is 12.8 Å². The van der Waals surface area contributed by atoms with Crippen molar-refractivity contribution in [2.75, 3.05) is 5.32 Å². The molecule has 3 aromatic rings. The zero-order chi connectivity index (χ0) is 22.9. The number of carbonyl (C=O) groups is 1. The summed E-state index contributed by atoms with van der Waals surface area (Å²) in [5, 5.41) is 1.48. The summed E-state index contributed by atoms with van der Waals surface area (Å²) in [4.78, 5) is 12.1. The van der Waals surface area contributed by atoms with Crippen LogP contribution in [0.5, 0.6) is 5.75 Å². The molecule has 1 aromatic heterocycles. The molecule has 0 atom stereocenters. The predicted octanol–water partition coefficient (Wildman–Crippen LogP) is 5.99. The summed E-state index contributed by atoms with van der Waals surface area (Å²) in [5.74, 6) is -11.4. The van der Waals surface area contributed by atoms with Gasteiger partial charge in [0.15, 0.2) is 29.0 Å². The van der Waals surface area contributed by atoms with Gasteiger partial charge >= 0.3 is 6.18 Å². The number of amides is 1. The van der Waals surface area contributed by atoms with Gasteiger partial charge in [0.1, 0.15) is 29.4 Å². The minimum absolute atomic E-state index is 0.122. The molecule has 0 aliphatic rings. The molecule has 0 saturated heterocycles. The third kappa shape index (κ3) is 4.65. The van der Waals surface area contributed by atoms with E-state index >= 15 is 0 Å². The fourth-order valence-corrected chi connectivity index (χ4v) is 2.60. The van der Waals surface area contributed by atoms with Gasteiger partial charge in [0, 0.05) is 0 Å². The first kappa shape index (κ1) is 22.2. The fraction of sp³-hybridized carbons (Fsp3) is 0.150. The van der Waals surface area contributed by atoms with Gasteiger partial charge in [-0.25, -0.2) is 17.6 Å². The number of halogens is 7. The first-order chi connectivity index (χ1) is 14.5. The molecule has 0 aliphatic carbocycles. The number of furan rings is 1. The van der Waals surface area contributed by atoms with Crippen LogP contribution in [-0.4, -0.2) is 5.91 Å². The van der Waals surface area contributed by atoms with E-state index in [1.54, 1.807) is 18.2 Å². The van der Waals surface area contributed by atoms with Crippen molar-refractivity contribution < 1.29 is 44.7 Å². The number of hydrogen-bond acceptors (Lipinski definition) is 3. The monoisotopic (exact) mass is 447 g/mol. The Hall–Kier alpha value is -3.50. The number of hydrogen-bond donors (Lipinski definition) is 1. The van der Waals surface area contributed by atoms with Crippen LogP contribution in [0.4, 0.5) is 36.4 Å². The minimum atomic E-state index is -5.69. The molecular weight excluding hydrogens is 435 g/mol. The average molecular weight is 447 g/mol. The van der Waals surface area contributed by atoms with Gasteiger partial charge in [-0.2, -0.15) is 13.2 Å². The highest BCUT2D eigenvalue weighted by atomic mass is 19.4. The van der Waals surface area contributed by atoms with Crippen LogP contribution in [0.25, 0.3) is 0 Å². The summed E-state index contributed by atoms with van der Waals surface area (Å²) in [6.07, 6.45) is -5.69. The van der Waals surface area contributed by atoms with Crippen molar-refractivity contribution in [3.05, 3.63) is 82.3 Å². The van der Waals surface area contributed by atoms with E-state index in [2.05, 4.69) is 0 Å². The highest BCUT2D eigenvalue weighted by molar-refractivity contribution is 6.02. The van der Waals surface area contributed by atoms with Crippen LogP contribution < -0.4 is 10.1 Å². The Labute approximate surface area is 170 Å². The molecule has 1 heterocycles. The minimum Gasteiger partial charge on any atom is -0.486 e. The molecule has 11 heteroatoms. The SMILES string of the molecule is Cc1cccc(OCc2ccc(C(=O)Nc3c(F)c(F)c(C(F)(F)F)c(F)c3F)o2)c1. The molecule has 4 nitrogen and oxygen atoms in total. The van der Waals surface area contributed by atoms with E-state index in [0.717, 1.165) is 11.6 Å². The first-order valence-electron chi connectivity index (χ1n) is 8.51. The molecule has 1 N–H and O–H groups in total.